The van der Waals surface area contributed by atoms with Gasteiger partial charge in [0, 0.05) is 50.7 Å². The molecule has 2 aromatic heterocycles. The zero-order valence-electron chi connectivity index (χ0n) is 21.0. The van der Waals surface area contributed by atoms with E-state index in [-0.39, 0.29) is 11.8 Å². The predicted molar refractivity (Wildman–Crippen MR) is 141 cm³/mol. The second-order valence-corrected chi connectivity index (χ2v) is 9.30. The van der Waals surface area contributed by atoms with Crippen LogP contribution in [0.1, 0.15) is 27.2 Å². The first-order valence-corrected chi connectivity index (χ1v) is 12.5. The molecule has 2 amide bonds. The molecule has 1 fully saturated rings. The molecule has 0 radical (unpaired) electrons. The molecule has 1 aliphatic rings. The average molecular weight is 498 g/mol. The van der Waals surface area contributed by atoms with Crippen LogP contribution in [0.4, 0.5) is 0 Å². The van der Waals surface area contributed by atoms with Crippen molar-refractivity contribution in [3.8, 4) is 5.75 Å². The van der Waals surface area contributed by atoms with E-state index >= 15 is 0 Å². The van der Waals surface area contributed by atoms with Gasteiger partial charge in [-0.25, -0.2) is 4.98 Å². The molecule has 8 heteroatoms. The Morgan fingerprint density at radius 2 is 1.70 bits per heavy atom. The summed E-state index contributed by atoms with van der Waals surface area (Å²) in [5.74, 6) is 0.685. The van der Waals surface area contributed by atoms with Gasteiger partial charge in [0.25, 0.3) is 5.91 Å². The molecule has 8 nitrogen and oxygen atoms in total. The highest BCUT2D eigenvalue weighted by molar-refractivity contribution is 5.94. The Balaban J connectivity index is 1.07. The summed E-state index contributed by atoms with van der Waals surface area (Å²) in [6, 6.07) is 21.1. The summed E-state index contributed by atoms with van der Waals surface area (Å²) in [5.41, 5.74) is 4.59. The molecule has 0 spiro atoms. The minimum atomic E-state index is -0.00412. The summed E-state index contributed by atoms with van der Waals surface area (Å²) >= 11 is 0. The van der Waals surface area contributed by atoms with Crippen molar-refractivity contribution in [2.75, 3.05) is 32.7 Å². The van der Waals surface area contributed by atoms with Crippen molar-refractivity contribution in [2.45, 2.75) is 20.1 Å². The number of fused-ring (bicyclic) bond motifs is 1. The van der Waals surface area contributed by atoms with E-state index in [1.807, 2.05) is 83.2 Å². The molecule has 1 N–H and O–H groups in total. The maximum atomic E-state index is 13.0. The van der Waals surface area contributed by atoms with Gasteiger partial charge in [0.15, 0.2) is 0 Å². The van der Waals surface area contributed by atoms with Crippen LogP contribution in [0, 0.1) is 6.92 Å². The molecular weight excluding hydrogens is 466 g/mol. The Morgan fingerprint density at radius 3 is 2.43 bits per heavy atom. The lowest BCUT2D eigenvalue weighted by Crippen LogP contribution is -2.51. The molecule has 0 aliphatic carbocycles. The van der Waals surface area contributed by atoms with Crippen molar-refractivity contribution < 1.29 is 14.3 Å². The SMILES string of the molecule is Cc1cccn2cc(COc3ccc(C(=O)N4CCN(CC(=O)NCc5ccccc5)CC4)cc3)nc12. The molecule has 0 saturated carbocycles. The van der Waals surface area contributed by atoms with Crippen LogP contribution >= 0.6 is 0 Å². The Bertz CT molecular complexity index is 1360. The van der Waals surface area contributed by atoms with Gasteiger partial charge in [-0.1, -0.05) is 36.4 Å². The first kappa shape index (κ1) is 24.5. The third kappa shape index (κ3) is 6.16. The van der Waals surface area contributed by atoms with Crippen LogP contribution in [0.3, 0.4) is 0 Å². The number of carbonyl (C=O) groups is 2. The fourth-order valence-electron chi connectivity index (χ4n) is 4.47. The molecule has 3 heterocycles. The highest BCUT2D eigenvalue weighted by Crippen LogP contribution is 2.17. The van der Waals surface area contributed by atoms with Gasteiger partial charge in [-0.05, 0) is 48.4 Å². The van der Waals surface area contributed by atoms with E-state index in [2.05, 4.69) is 15.2 Å². The van der Waals surface area contributed by atoms with Crippen LogP contribution < -0.4 is 10.1 Å². The first-order chi connectivity index (χ1) is 18.0. The number of carbonyl (C=O) groups excluding carboxylic acids is 2. The molecule has 37 heavy (non-hydrogen) atoms. The van der Waals surface area contributed by atoms with E-state index in [1.54, 1.807) is 12.1 Å². The molecule has 2 aromatic carbocycles. The Kier molecular flexibility index (Phi) is 7.46. The third-order valence-electron chi connectivity index (χ3n) is 6.57. The zero-order chi connectivity index (χ0) is 25.6. The highest BCUT2D eigenvalue weighted by atomic mass is 16.5. The number of pyridine rings is 1. The molecule has 190 valence electrons. The van der Waals surface area contributed by atoms with Crippen LogP contribution in [0.5, 0.6) is 5.75 Å². The topological polar surface area (TPSA) is 79.2 Å². The van der Waals surface area contributed by atoms with E-state index < -0.39 is 0 Å². The normalized spacial score (nSPS) is 14.0. The van der Waals surface area contributed by atoms with Gasteiger partial charge in [-0.2, -0.15) is 0 Å². The number of hydrogen-bond donors (Lipinski definition) is 1. The summed E-state index contributed by atoms with van der Waals surface area (Å²) in [5, 5.41) is 2.96. The lowest BCUT2D eigenvalue weighted by Gasteiger charge is -2.34. The first-order valence-electron chi connectivity index (χ1n) is 12.5. The van der Waals surface area contributed by atoms with Crippen molar-refractivity contribution in [3.05, 3.63) is 102 Å². The van der Waals surface area contributed by atoms with Crippen molar-refractivity contribution in [1.82, 2.24) is 24.5 Å². The second-order valence-electron chi connectivity index (χ2n) is 9.30. The van der Waals surface area contributed by atoms with E-state index in [9.17, 15) is 9.59 Å². The number of imidazole rings is 1. The number of nitrogens with zero attached hydrogens (tertiary/aromatic N) is 4. The largest absolute Gasteiger partial charge is 0.487 e. The van der Waals surface area contributed by atoms with Crippen molar-refractivity contribution >= 4 is 17.5 Å². The molecule has 0 unspecified atom stereocenters. The Labute approximate surface area is 216 Å². The number of amides is 2. The van der Waals surface area contributed by atoms with Gasteiger partial charge < -0.3 is 19.4 Å². The lowest BCUT2D eigenvalue weighted by atomic mass is 10.1. The smallest absolute Gasteiger partial charge is 0.253 e. The number of aryl methyl sites for hydroxylation is 1. The maximum Gasteiger partial charge on any atom is 0.253 e. The number of nitrogens with one attached hydrogen (secondary N) is 1. The molecule has 1 aliphatic heterocycles. The number of piperazine rings is 1. The van der Waals surface area contributed by atoms with Gasteiger partial charge in [0.05, 0.1) is 12.2 Å². The van der Waals surface area contributed by atoms with Gasteiger partial charge in [-0.3, -0.25) is 14.5 Å². The monoisotopic (exact) mass is 497 g/mol. The Hall–Kier alpha value is -4.17. The van der Waals surface area contributed by atoms with Gasteiger partial charge in [0.1, 0.15) is 18.0 Å². The van der Waals surface area contributed by atoms with Crippen molar-refractivity contribution in [2.24, 2.45) is 0 Å². The minimum absolute atomic E-state index is 0.00186. The molecule has 4 aromatic rings. The minimum Gasteiger partial charge on any atom is -0.487 e. The average Bonchev–Trinajstić information content (AvgIpc) is 3.36. The lowest BCUT2D eigenvalue weighted by molar-refractivity contribution is -0.122. The molecule has 0 atom stereocenters. The number of ether oxygens (including phenoxy) is 1. The van der Waals surface area contributed by atoms with Gasteiger partial charge >= 0.3 is 0 Å². The summed E-state index contributed by atoms with van der Waals surface area (Å²) in [6.07, 6.45) is 3.94. The molecule has 1 saturated heterocycles. The van der Waals surface area contributed by atoms with Crippen LogP contribution in [0.15, 0.2) is 79.1 Å². The van der Waals surface area contributed by atoms with Gasteiger partial charge in [-0.15, -0.1) is 0 Å². The van der Waals surface area contributed by atoms with E-state index in [0.717, 1.165) is 22.5 Å². The fourth-order valence-corrected chi connectivity index (χ4v) is 4.47. The second kappa shape index (κ2) is 11.3. The number of rotatable bonds is 8. The summed E-state index contributed by atoms with van der Waals surface area (Å²) in [4.78, 5) is 33.8. The van der Waals surface area contributed by atoms with Crippen LogP contribution in [-0.4, -0.2) is 63.7 Å². The van der Waals surface area contributed by atoms with Crippen molar-refractivity contribution in [3.63, 3.8) is 0 Å². The van der Waals surface area contributed by atoms with E-state index in [1.165, 1.54) is 0 Å². The quantitative estimate of drug-likeness (QED) is 0.404. The zero-order valence-corrected chi connectivity index (χ0v) is 21.0. The van der Waals surface area contributed by atoms with E-state index in [0.29, 0.717) is 57.2 Å². The highest BCUT2D eigenvalue weighted by Gasteiger charge is 2.23. The standard InChI is InChI=1S/C29H31N5O3/c1-22-6-5-13-34-19-25(31-28(22)34)21-37-26-11-9-24(10-12-26)29(36)33-16-14-32(15-17-33)20-27(35)30-18-23-7-3-2-4-8-23/h2-13,19H,14-18,20-21H2,1H3,(H,30,35). The molecular formula is C29H31N5O3. The van der Waals surface area contributed by atoms with Crippen molar-refractivity contribution in [1.29, 1.82) is 0 Å². The fraction of sp³-hybridized carbons (Fsp3) is 0.276. The van der Waals surface area contributed by atoms with Crippen LogP contribution in [-0.2, 0) is 17.9 Å². The summed E-state index contributed by atoms with van der Waals surface area (Å²) in [6.45, 7) is 5.78. The van der Waals surface area contributed by atoms with Crippen LogP contribution in [0.25, 0.3) is 5.65 Å². The third-order valence-corrected chi connectivity index (χ3v) is 6.57. The number of hydrogen-bond acceptors (Lipinski definition) is 5. The molecule has 0 bridgehead atoms. The van der Waals surface area contributed by atoms with Crippen LogP contribution in [0.2, 0.25) is 0 Å². The number of benzene rings is 2. The Morgan fingerprint density at radius 1 is 0.946 bits per heavy atom. The van der Waals surface area contributed by atoms with Gasteiger partial charge in [0.2, 0.25) is 5.91 Å². The van der Waals surface area contributed by atoms with E-state index in [4.69, 9.17) is 4.74 Å². The summed E-state index contributed by atoms with van der Waals surface area (Å²) < 4.78 is 7.89. The summed E-state index contributed by atoms with van der Waals surface area (Å²) in [7, 11) is 0. The number of aromatic nitrogens is 2. The maximum absolute atomic E-state index is 13.0. The molecule has 5 rings (SSSR count). The predicted octanol–water partition coefficient (Wildman–Crippen LogP) is 3.30.